The van der Waals surface area contributed by atoms with E-state index in [9.17, 15) is 9.59 Å². The first-order valence-electron chi connectivity index (χ1n) is 8.38. The SMILES string of the molecule is O=C(COC(=O)c1ccc(-n2cnnn2)cc1)Nc1nnc(-c2ccccc2)o1. The summed E-state index contributed by atoms with van der Waals surface area (Å²) in [6, 6.07) is 15.4. The number of hydrogen-bond donors (Lipinski definition) is 1. The summed E-state index contributed by atoms with van der Waals surface area (Å²) >= 11 is 0. The van der Waals surface area contributed by atoms with E-state index < -0.39 is 18.5 Å². The van der Waals surface area contributed by atoms with Crippen LogP contribution in [-0.4, -0.2) is 48.9 Å². The average Bonchev–Trinajstić information content (AvgIpc) is 3.45. The first kappa shape index (κ1) is 18.0. The first-order chi connectivity index (χ1) is 14.2. The Bertz CT molecular complexity index is 1110. The third kappa shape index (κ3) is 4.30. The summed E-state index contributed by atoms with van der Waals surface area (Å²) in [6.45, 7) is -0.503. The molecule has 0 aliphatic rings. The smallest absolute Gasteiger partial charge is 0.338 e. The van der Waals surface area contributed by atoms with Gasteiger partial charge in [-0.2, -0.15) is 0 Å². The Balaban J connectivity index is 1.30. The fourth-order valence-corrected chi connectivity index (χ4v) is 2.37. The van der Waals surface area contributed by atoms with E-state index in [2.05, 4.69) is 31.0 Å². The minimum Gasteiger partial charge on any atom is -0.452 e. The number of tetrazole rings is 1. The zero-order valence-electron chi connectivity index (χ0n) is 14.8. The zero-order chi connectivity index (χ0) is 20.1. The van der Waals surface area contributed by atoms with Crippen molar-refractivity contribution in [3.05, 3.63) is 66.5 Å². The Morgan fingerprint density at radius 3 is 2.55 bits per heavy atom. The van der Waals surface area contributed by atoms with E-state index in [0.717, 1.165) is 5.56 Å². The number of carbonyl (C=O) groups excluding carboxylic acids is 2. The van der Waals surface area contributed by atoms with Crippen molar-refractivity contribution >= 4 is 17.9 Å². The molecule has 0 saturated carbocycles. The van der Waals surface area contributed by atoms with Crippen LogP contribution in [0.25, 0.3) is 17.1 Å². The molecule has 29 heavy (non-hydrogen) atoms. The average molecular weight is 391 g/mol. The Hall–Kier alpha value is -4.41. The monoisotopic (exact) mass is 391 g/mol. The molecular formula is C18H13N7O4. The molecule has 0 unspecified atom stereocenters. The van der Waals surface area contributed by atoms with Crippen LogP contribution < -0.4 is 5.32 Å². The van der Waals surface area contributed by atoms with Gasteiger partial charge in [-0.15, -0.1) is 10.2 Å². The lowest BCUT2D eigenvalue weighted by atomic mass is 10.2. The molecule has 144 valence electrons. The summed E-state index contributed by atoms with van der Waals surface area (Å²) in [7, 11) is 0. The number of hydrogen-bond acceptors (Lipinski definition) is 9. The minimum atomic E-state index is -0.654. The number of nitrogens with one attached hydrogen (secondary N) is 1. The molecule has 4 rings (SSSR count). The predicted molar refractivity (Wildman–Crippen MR) is 97.8 cm³/mol. The Morgan fingerprint density at radius 1 is 1.03 bits per heavy atom. The largest absolute Gasteiger partial charge is 0.452 e. The minimum absolute atomic E-state index is 0.0873. The number of ether oxygens (including phenoxy) is 1. The molecule has 0 saturated heterocycles. The maximum absolute atomic E-state index is 12.1. The molecule has 2 aromatic carbocycles. The lowest BCUT2D eigenvalue weighted by molar-refractivity contribution is -0.119. The number of anilines is 1. The Kier molecular flexibility index (Phi) is 5.01. The second kappa shape index (κ2) is 8.08. The number of rotatable bonds is 6. The molecule has 0 bridgehead atoms. The van der Waals surface area contributed by atoms with Crippen LogP contribution in [0.1, 0.15) is 10.4 Å². The van der Waals surface area contributed by atoms with Crippen LogP contribution in [0.4, 0.5) is 6.01 Å². The summed E-state index contributed by atoms with van der Waals surface area (Å²) in [4.78, 5) is 24.0. The van der Waals surface area contributed by atoms with E-state index in [0.29, 0.717) is 5.69 Å². The van der Waals surface area contributed by atoms with Crippen LogP contribution >= 0.6 is 0 Å². The highest BCUT2D eigenvalue weighted by Gasteiger charge is 2.14. The second-order valence-corrected chi connectivity index (χ2v) is 5.70. The fourth-order valence-electron chi connectivity index (χ4n) is 2.37. The molecule has 2 heterocycles. The molecule has 1 amide bonds. The lowest BCUT2D eigenvalue weighted by Gasteiger charge is -2.05. The van der Waals surface area contributed by atoms with Crippen molar-refractivity contribution < 1.29 is 18.7 Å². The molecule has 0 aliphatic carbocycles. The summed E-state index contributed by atoms with van der Waals surface area (Å²) in [5.41, 5.74) is 1.67. The van der Waals surface area contributed by atoms with Gasteiger partial charge in [0.05, 0.1) is 11.3 Å². The van der Waals surface area contributed by atoms with Gasteiger partial charge >= 0.3 is 12.0 Å². The molecule has 2 aromatic heterocycles. The number of nitrogens with zero attached hydrogens (tertiary/aromatic N) is 6. The molecule has 0 aliphatic heterocycles. The van der Waals surface area contributed by atoms with Gasteiger partial charge in [-0.25, -0.2) is 9.48 Å². The van der Waals surface area contributed by atoms with Crippen molar-refractivity contribution in [2.45, 2.75) is 0 Å². The number of carbonyl (C=O) groups is 2. The van der Waals surface area contributed by atoms with Gasteiger partial charge in [0.15, 0.2) is 6.61 Å². The Morgan fingerprint density at radius 2 is 1.83 bits per heavy atom. The maximum Gasteiger partial charge on any atom is 0.338 e. The Labute approximate surface area is 163 Å². The van der Waals surface area contributed by atoms with Crippen molar-refractivity contribution in [2.24, 2.45) is 0 Å². The van der Waals surface area contributed by atoms with Crippen molar-refractivity contribution in [2.75, 3.05) is 11.9 Å². The van der Waals surface area contributed by atoms with Crippen LogP contribution in [-0.2, 0) is 9.53 Å². The summed E-state index contributed by atoms with van der Waals surface area (Å²) in [5, 5.41) is 20.8. The standard InChI is InChI=1S/C18H13N7O4/c26-15(20-18-22-21-16(29-18)12-4-2-1-3-5-12)10-28-17(27)13-6-8-14(9-7-13)25-11-19-23-24-25/h1-9,11H,10H2,(H,20,22,26). The van der Waals surface area contributed by atoms with Crippen molar-refractivity contribution in [1.82, 2.24) is 30.4 Å². The van der Waals surface area contributed by atoms with Crippen molar-refractivity contribution in [1.29, 1.82) is 0 Å². The van der Waals surface area contributed by atoms with Crippen molar-refractivity contribution in [3.63, 3.8) is 0 Å². The molecule has 0 radical (unpaired) electrons. The van der Waals surface area contributed by atoms with Crippen molar-refractivity contribution in [3.8, 4) is 17.1 Å². The third-order valence-electron chi connectivity index (χ3n) is 3.74. The van der Waals surface area contributed by atoms with Crippen LogP contribution in [0.15, 0.2) is 65.3 Å². The summed E-state index contributed by atoms with van der Waals surface area (Å²) in [5.74, 6) is -0.994. The van der Waals surface area contributed by atoms with Crippen LogP contribution in [0.5, 0.6) is 0 Å². The summed E-state index contributed by atoms with van der Waals surface area (Å²) in [6.07, 6.45) is 1.43. The van der Waals surface area contributed by atoms with Gasteiger partial charge in [0.25, 0.3) is 5.91 Å². The molecule has 11 nitrogen and oxygen atoms in total. The predicted octanol–water partition coefficient (Wildman–Crippen LogP) is 1.51. The zero-order valence-corrected chi connectivity index (χ0v) is 14.8. The highest BCUT2D eigenvalue weighted by molar-refractivity contribution is 5.94. The number of benzene rings is 2. The topological polar surface area (TPSA) is 138 Å². The van der Waals surface area contributed by atoms with Gasteiger partial charge in [0.1, 0.15) is 6.33 Å². The van der Waals surface area contributed by atoms with E-state index in [-0.39, 0.29) is 17.5 Å². The molecule has 0 spiro atoms. The molecule has 0 fully saturated rings. The molecule has 11 heteroatoms. The molecular weight excluding hydrogens is 378 g/mol. The van der Waals surface area contributed by atoms with Crippen LogP contribution in [0, 0.1) is 0 Å². The van der Waals surface area contributed by atoms with Crippen LogP contribution in [0.3, 0.4) is 0 Å². The molecule has 4 aromatic rings. The number of aromatic nitrogens is 6. The third-order valence-corrected chi connectivity index (χ3v) is 3.74. The van der Waals surface area contributed by atoms with Gasteiger partial charge in [-0.3, -0.25) is 10.1 Å². The molecule has 1 N–H and O–H groups in total. The number of amides is 1. The van der Waals surface area contributed by atoms with Gasteiger partial charge in [0, 0.05) is 5.56 Å². The van der Waals surface area contributed by atoms with E-state index in [4.69, 9.17) is 9.15 Å². The van der Waals surface area contributed by atoms with E-state index in [1.54, 1.807) is 36.4 Å². The van der Waals surface area contributed by atoms with E-state index >= 15 is 0 Å². The van der Waals surface area contributed by atoms with Gasteiger partial charge < -0.3 is 9.15 Å². The maximum atomic E-state index is 12.1. The van der Waals surface area contributed by atoms with Crippen LogP contribution in [0.2, 0.25) is 0 Å². The van der Waals surface area contributed by atoms with Gasteiger partial charge in [-0.1, -0.05) is 23.3 Å². The second-order valence-electron chi connectivity index (χ2n) is 5.70. The number of esters is 1. The van der Waals surface area contributed by atoms with E-state index in [1.807, 2.05) is 18.2 Å². The van der Waals surface area contributed by atoms with E-state index in [1.165, 1.54) is 11.0 Å². The van der Waals surface area contributed by atoms with Gasteiger partial charge in [-0.05, 0) is 46.8 Å². The fraction of sp³-hybridized carbons (Fsp3) is 0.0556. The summed E-state index contributed by atoms with van der Waals surface area (Å²) < 4.78 is 11.8. The normalized spacial score (nSPS) is 10.5. The lowest BCUT2D eigenvalue weighted by Crippen LogP contribution is -2.21. The van der Waals surface area contributed by atoms with Gasteiger partial charge in [0.2, 0.25) is 5.89 Å². The highest BCUT2D eigenvalue weighted by Crippen LogP contribution is 2.19. The quantitative estimate of drug-likeness (QED) is 0.485. The molecule has 0 atom stereocenters. The highest BCUT2D eigenvalue weighted by atomic mass is 16.5. The first-order valence-corrected chi connectivity index (χ1v) is 8.38.